The van der Waals surface area contributed by atoms with Crippen LogP contribution in [0, 0.1) is 0 Å². The van der Waals surface area contributed by atoms with Crippen molar-refractivity contribution < 1.29 is 8.83 Å². The van der Waals surface area contributed by atoms with Gasteiger partial charge < -0.3 is 8.83 Å². The zero-order valence-electron chi connectivity index (χ0n) is 26.0. The highest BCUT2D eigenvalue weighted by Gasteiger charge is 2.16. The fourth-order valence-electron chi connectivity index (χ4n) is 6.23. The summed E-state index contributed by atoms with van der Waals surface area (Å²) in [5, 5.41) is 1.09. The minimum Gasteiger partial charge on any atom is -0.456 e. The predicted molar refractivity (Wildman–Crippen MR) is 192 cm³/mol. The Bertz CT molecular complexity index is 2390. The predicted octanol–water partition coefficient (Wildman–Crippen LogP) is 11.2. The Balaban J connectivity index is 1.09. The zero-order valence-corrected chi connectivity index (χ0v) is 26.0. The van der Waals surface area contributed by atoms with E-state index in [1.54, 1.807) is 0 Å². The van der Waals surface area contributed by atoms with Crippen LogP contribution < -0.4 is 0 Å². The first kappa shape index (κ1) is 27.9. The van der Waals surface area contributed by atoms with Crippen LogP contribution in [0.2, 0.25) is 0 Å². The topological polar surface area (TPSA) is 65.0 Å². The fraction of sp³-hybridized carbons (Fsp3) is 0.0465. The van der Waals surface area contributed by atoms with Crippen LogP contribution in [0.5, 0.6) is 0 Å². The molecule has 0 amide bonds. The number of allylic oxidation sites excluding steroid dienone is 1. The molecule has 1 aliphatic carbocycles. The molecule has 48 heavy (non-hydrogen) atoms. The van der Waals surface area contributed by atoms with E-state index >= 15 is 0 Å². The quantitative estimate of drug-likeness (QED) is 0.185. The van der Waals surface area contributed by atoms with Crippen LogP contribution in [0.25, 0.3) is 84.9 Å². The molecule has 5 nitrogen and oxygen atoms in total. The molecule has 3 heterocycles. The van der Waals surface area contributed by atoms with Gasteiger partial charge in [0.15, 0.2) is 5.82 Å². The molecule has 9 rings (SSSR count). The average Bonchev–Trinajstić information content (AvgIpc) is 3.80. The van der Waals surface area contributed by atoms with Gasteiger partial charge in [-0.15, -0.1) is 0 Å². The van der Waals surface area contributed by atoms with Crippen molar-refractivity contribution in [3.63, 3.8) is 0 Å². The maximum atomic E-state index is 6.12. The van der Waals surface area contributed by atoms with E-state index in [1.165, 1.54) is 5.56 Å². The van der Waals surface area contributed by atoms with Gasteiger partial charge in [-0.05, 0) is 54.0 Å². The largest absolute Gasteiger partial charge is 0.456 e. The molecular weight excluding hydrogens is 590 g/mol. The maximum Gasteiger partial charge on any atom is 0.226 e. The van der Waals surface area contributed by atoms with Crippen LogP contribution in [-0.2, 0) is 6.42 Å². The van der Waals surface area contributed by atoms with Crippen LogP contribution in [0.1, 0.15) is 17.9 Å². The van der Waals surface area contributed by atoms with Crippen LogP contribution in [-0.4, -0.2) is 15.0 Å². The highest BCUT2D eigenvalue weighted by Crippen LogP contribution is 2.33. The molecule has 3 aromatic heterocycles. The highest BCUT2D eigenvalue weighted by molar-refractivity contribution is 5.83. The van der Waals surface area contributed by atoms with Gasteiger partial charge in [0.1, 0.15) is 22.8 Å². The summed E-state index contributed by atoms with van der Waals surface area (Å²) in [7, 11) is 0. The summed E-state index contributed by atoms with van der Waals surface area (Å²) < 4.78 is 12.2. The lowest BCUT2D eigenvalue weighted by molar-refractivity contribution is 0.516. The van der Waals surface area contributed by atoms with E-state index in [4.69, 9.17) is 23.8 Å². The molecule has 0 saturated heterocycles. The normalized spacial score (nSPS) is 12.3. The molecule has 0 unspecified atom stereocenters. The monoisotopic (exact) mass is 619 g/mol. The van der Waals surface area contributed by atoms with Gasteiger partial charge in [-0.1, -0.05) is 115 Å². The zero-order chi connectivity index (χ0) is 31.9. The summed E-state index contributed by atoms with van der Waals surface area (Å²) in [6, 6.07) is 47.7. The Kier molecular flexibility index (Phi) is 6.86. The third-order valence-electron chi connectivity index (χ3n) is 8.84. The maximum absolute atomic E-state index is 6.12. The number of aryl methyl sites for hydroxylation is 1. The SMILES string of the molecule is C1=Cc2nc(-c3ccc(-c4cc(-c5ccc(-c6cc7ccccc7o6)cc5)nc(-c5ccc(-c6ccccc6)cc5)n4)cc3)oc2CC1. The average molecular weight is 620 g/mol. The van der Waals surface area contributed by atoms with Gasteiger partial charge in [0.25, 0.3) is 0 Å². The second kappa shape index (κ2) is 11.8. The molecule has 0 bridgehead atoms. The van der Waals surface area contributed by atoms with Crippen molar-refractivity contribution in [2.75, 3.05) is 0 Å². The van der Waals surface area contributed by atoms with Gasteiger partial charge in [-0.25, -0.2) is 15.0 Å². The van der Waals surface area contributed by atoms with E-state index < -0.39 is 0 Å². The molecule has 0 N–H and O–H groups in total. The van der Waals surface area contributed by atoms with Crippen molar-refractivity contribution in [1.29, 1.82) is 0 Å². The number of fused-ring (bicyclic) bond motifs is 2. The number of hydrogen-bond acceptors (Lipinski definition) is 5. The van der Waals surface area contributed by atoms with Gasteiger partial charge in [0, 0.05) is 39.6 Å². The van der Waals surface area contributed by atoms with Crippen molar-refractivity contribution in [3.05, 3.63) is 157 Å². The minimum absolute atomic E-state index is 0.644. The molecule has 0 atom stereocenters. The summed E-state index contributed by atoms with van der Waals surface area (Å²) >= 11 is 0. The molecule has 0 saturated carbocycles. The Morgan fingerprint density at radius 2 is 1.08 bits per heavy atom. The number of oxazole rings is 1. The van der Waals surface area contributed by atoms with Crippen LogP contribution >= 0.6 is 0 Å². The van der Waals surface area contributed by atoms with Crippen molar-refractivity contribution in [3.8, 4) is 67.8 Å². The molecule has 0 radical (unpaired) electrons. The number of nitrogens with zero attached hydrogens (tertiary/aromatic N) is 3. The summed E-state index contributed by atoms with van der Waals surface area (Å²) in [5.41, 5.74) is 10.7. The van der Waals surface area contributed by atoms with Crippen molar-refractivity contribution >= 4 is 17.0 Å². The molecular formula is C43H29N3O2. The van der Waals surface area contributed by atoms with E-state index in [9.17, 15) is 0 Å². The van der Waals surface area contributed by atoms with Gasteiger partial charge in [0.2, 0.25) is 5.89 Å². The summed E-state index contributed by atoms with van der Waals surface area (Å²) in [4.78, 5) is 14.9. The van der Waals surface area contributed by atoms with E-state index in [-0.39, 0.29) is 0 Å². The lowest BCUT2D eigenvalue weighted by Gasteiger charge is -2.11. The number of rotatable bonds is 6. The first-order valence-electron chi connectivity index (χ1n) is 16.1. The Labute approximate surface area is 277 Å². The molecule has 0 aliphatic heterocycles. The van der Waals surface area contributed by atoms with Gasteiger partial charge in [-0.3, -0.25) is 0 Å². The molecule has 1 aliphatic rings. The summed E-state index contributed by atoms with van der Waals surface area (Å²) in [6.07, 6.45) is 6.05. The minimum atomic E-state index is 0.644. The smallest absolute Gasteiger partial charge is 0.226 e. The van der Waals surface area contributed by atoms with Crippen molar-refractivity contribution in [2.24, 2.45) is 0 Å². The van der Waals surface area contributed by atoms with Crippen LogP contribution in [0.15, 0.2) is 154 Å². The first-order valence-corrected chi connectivity index (χ1v) is 16.1. The number of hydrogen-bond donors (Lipinski definition) is 0. The third kappa shape index (κ3) is 5.31. The van der Waals surface area contributed by atoms with E-state index in [2.05, 4.69) is 121 Å². The molecule has 5 heteroatoms. The molecule has 8 aromatic rings. The second-order valence-corrected chi connectivity index (χ2v) is 12.0. The lowest BCUT2D eigenvalue weighted by Crippen LogP contribution is -1.96. The standard InChI is InChI=1S/C43H29N3O2/c1-2-8-28(9-3-1)29-14-22-33(23-15-29)42-44-37(30-16-20-32(21-17-30)41-26-35-10-4-6-12-39(35)47-41)27-38(45-42)31-18-24-34(25-19-31)43-46-36-11-5-7-13-40(36)48-43/h1-6,8-12,14-27H,7,13H2. The number of furan rings is 1. The van der Waals surface area contributed by atoms with Crippen molar-refractivity contribution in [2.45, 2.75) is 12.8 Å². The van der Waals surface area contributed by atoms with Gasteiger partial charge >= 0.3 is 0 Å². The van der Waals surface area contributed by atoms with E-state index in [0.29, 0.717) is 11.7 Å². The molecule has 0 fully saturated rings. The summed E-state index contributed by atoms with van der Waals surface area (Å²) in [6.45, 7) is 0. The first-order chi connectivity index (χ1) is 23.7. The number of para-hydroxylation sites is 1. The third-order valence-corrected chi connectivity index (χ3v) is 8.84. The van der Waals surface area contributed by atoms with E-state index in [0.717, 1.165) is 85.8 Å². The summed E-state index contributed by atoms with van der Waals surface area (Å²) in [5.74, 6) is 3.10. The van der Waals surface area contributed by atoms with Crippen molar-refractivity contribution in [1.82, 2.24) is 15.0 Å². The Hall–Kier alpha value is -6.33. The Morgan fingerprint density at radius 1 is 0.479 bits per heavy atom. The fourth-order valence-corrected chi connectivity index (χ4v) is 6.23. The van der Waals surface area contributed by atoms with Gasteiger partial charge in [-0.2, -0.15) is 0 Å². The molecule has 0 spiro atoms. The van der Waals surface area contributed by atoms with E-state index in [1.807, 2.05) is 30.3 Å². The second-order valence-electron chi connectivity index (χ2n) is 12.0. The number of benzene rings is 5. The molecule has 228 valence electrons. The highest BCUT2D eigenvalue weighted by atomic mass is 16.4. The lowest BCUT2D eigenvalue weighted by atomic mass is 10.0. The van der Waals surface area contributed by atoms with Crippen LogP contribution in [0.4, 0.5) is 0 Å². The van der Waals surface area contributed by atoms with Gasteiger partial charge in [0.05, 0.1) is 11.4 Å². The van der Waals surface area contributed by atoms with Crippen LogP contribution in [0.3, 0.4) is 0 Å². The number of aromatic nitrogens is 3. The molecule has 5 aromatic carbocycles. The Morgan fingerprint density at radius 3 is 1.79 bits per heavy atom.